The molecular weight excluding hydrogens is 245 g/mol. The molecule has 0 radical (unpaired) electrons. The van der Waals surface area contributed by atoms with E-state index in [-0.39, 0.29) is 18.1 Å². The number of hydrogen-bond donors (Lipinski definition) is 1. The van der Waals surface area contributed by atoms with Gasteiger partial charge in [-0.05, 0) is 24.3 Å². The number of rotatable bonds is 3. The van der Waals surface area contributed by atoms with E-state index in [9.17, 15) is 9.18 Å². The number of anilines is 1. The lowest BCUT2D eigenvalue weighted by molar-refractivity contribution is 0.0992. The van der Waals surface area contributed by atoms with Crippen LogP contribution < -0.4 is 10.6 Å². The number of aromatic nitrogens is 1. The van der Waals surface area contributed by atoms with Crippen LogP contribution in [0.1, 0.15) is 16.1 Å². The number of carbonyl (C=O) groups excluding carboxylic acids is 1. The van der Waals surface area contributed by atoms with Crippen LogP contribution in [0, 0.1) is 5.82 Å². The predicted octanol–water partition coefficient (Wildman–Crippen LogP) is 1.96. The molecule has 5 heteroatoms. The van der Waals surface area contributed by atoms with Gasteiger partial charge in [-0.25, -0.2) is 4.39 Å². The molecule has 1 aromatic heterocycles. The van der Waals surface area contributed by atoms with E-state index in [0.29, 0.717) is 11.3 Å². The number of carbonyl (C=O) groups is 1. The summed E-state index contributed by atoms with van der Waals surface area (Å²) in [5.41, 5.74) is 6.77. The normalized spacial score (nSPS) is 10.3. The summed E-state index contributed by atoms with van der Waals surface area (Å²) in [6.07, 6.45) is 1.52. The number of amides is 1. The van der Waals surface area contributed by atoms with Gasteiger partial charge in [0, 0.05) is 25.4 Å². The topological polar surface area (TPSA) is 59.2 Å². The third kappa shape index (κ3) is 2.77. The Morgan fingerprint density at radius 1 is 1.37 bits per heavy atom. The van der Waals surface area contributed by atoms with E-state index < -0.39 is 5.82 Å². The van der Waals surface area contributed by atoms with Crippen molar-refractivity contribution in [2.45, 2.75) is 6.54 Å². The van der Waals surface area contributed by atoms with Crippen molar-refractivity contribution in [3.8, 4) is 0 Å². The molecule has 0 aliphatic rings. The standard InChI is InChI=1S/C14H14FN3O/c1-18(13-5-3-2-4-12(13)15)14(19)10-6-7-17-11(8-10)9-16/h2-8H,9,16H2,1H3. The highest BCUT2D eigenvalue weighted by atomic mass is 19.1. The van der Waals surface area contributed by atoms with E-state index in [2.05, 4.69) is 4.98 Å². The first kappa shape index (κ1) is 13.2. The summed E-state index contributed by atoms with van der Waals surface area (Å²) in [6, 6.07) is 9.32. The fourth-order valence-corrected chi connectivity index (χ4v) is 1.75. The Bertz CT molecular complexity index is 601. The molecule has 1 heterocycles. The molecule has 0 saturated carbocycles. The van der Waals surface area contributed by atoms with Gasteiger partial charge in [0.05, 0.1) is 11.4 Å². The van der Waals surface area contributed by atoms with Crippen LogP contribution in [-0.2, 0) is 6.54 Å². The number of halogens is 1. The monoisotopic (exact) mass is 259 g/mol. The van der Waals surface area contributed by atoms with Crippen molar-refractivity contribution in [2.75, 3.05) is 11.9 Å². The summed E-state index contributed by atoms with van der Waals surface area (Å²) >= 11 is 0. The second-order valence-corrected chi connectivity index (χ2v) is 4.06. The van der Waals surface area contributed by atoms with Gasteiger partial charge in [0.25, 0.3) is 5.91 Å². The molecule has 0 unspecified atom stereocenters. The van der Waals surface area contributed by atoms with Gasteiger partial charge >= 0.3 is 0 Å². The van der Waals surface area contributed by atoms with Crippen LogP contribution in [0.25, 0.3) is 0 Å². The Morgan fingerprint density at radius 3 is 2.79 bits per heavy atom. The first-order valence-electron chi connectivity index (χ1n) is 5.81. The van der Waals surface area contributed by atoms with Crippen LogP contribution >= 0.6 is 0 Å². The first-order chi connectivity index (χ1) is 9.13. The lowest BCUT2D eigenvalue weighted by Gasteiger charge is -2.18. The van der Waals surface area contributed by atoms with Crippen LogP contribution in [0.5, 0.6) is 0 Å². The van der Waals surface area contributed by atoms with Gasteiger partial charge in [-0.3, -0.25) is 9.78 Å². The van der Waals surface area contributed by atoms with Gasteiger partial charge in [-0.1, -0.05) is 12.1 Å². The van der Waals surface area contributed by atoms with Gasteiger partial charge in [0.15, 0.2) is 0 Å². The molecular formula is C14H14FN3O. The zero-order chi connectivity index (χ0) is 13.8. The van der Waals surface area contributed by atoms with Crippen LogP contribution in [0.2, 0.25) is 0 Å². The molecule has 19 heavy (non-hydrogen) atoms. The molecule has 1 aromatic carbocycles. The molecule has 0 spiro atoms. The van der Waals surface area contributed by atoms with Crippen molar-refractivity contribution in [3.05, 3.63) is 59.7 Å². The molecule has 0 aliphatic heterocycles. The number of pyridine rings is 1. The molecule has 0 saturated heterocycles. The maximum Gasteiger partial charge on any atom is 0.258 e. The highest BCUT2D eigenvalue weighted by Crippen LogP contribution is 2.19. The zero-order valence-electron chi connectivity index (χ0n) is 10.5. The van der Waals surface area contributed by atoms with Crippen molar-refractivity contribution in [3.63, 3.8) is 0 Å². The van der Waals surface area contributed by atoms with Crippen LogP contribution in [0.3, 0.4) is 0 Å². The van der Waals surface area contributed by atoms with Crippen LogP contribution in [-0.4, -0.2) is 17.9 Å². The van der Waals surface area contributed by atoms with Crippen LogP contribution in [0.4, 0.5) is 10.1 Å². The summed E-state index contributed by atoms with van der Waals surface area (Å²) in [5, 5.41) is 0. The molecule has 2 rings (SSSR count). The van der Waals surface area contributed by atoms with Crippen molar-refractivity contribution < 1.29 is 9.18 Å². The molecule has 0 aliphatic carbocycles. The van der Waals surface area contributed by atoms with Crippen molar-refractivity contribution >= 4 is 11.6 Å². The fourth-order valence-electron chi connectivity index (χ4n) is 1.75. The van der Waals surface area contributed by atoms with E-state index in [0.717, 1.165) is 0 Å². The summed E-state index contributed by atoms with van der Waals surface area (Å²) in [6.45, 7) is 0.254. The molecule has 1 amide bonds. The summed E-state index contributed by atoms with van der Waals surface area (Å²) in [7, 11) is 1.53. The maximum atomic E-state index is 13.6. The average molecular weight is 259 g/mol. The molecule has 2 N–H and O–H groups in total. The Hall–Kier alpha value is -2.27. The Labute approximate surface area is 110 Å². The fraction of sp³-hybridized carbons (Fsp3) is 0.143. The second-order valence-electron chi connectivity index (χ2n) is 4.06. The van der Waals surface area contributed by atoms with Gasteiger partial charge in [-0.15, -0.1) is 0 Å². The van der Waals surface area contributed by atoms with Gasteiger partial charge in [0.1, 0.15) is 5.82 Å². The molecule has 0 bridgehead atoms. The third-order valence-corrected chi connectivity index (χ3v) is 2.79. The molecule has 0 fully saturated rings. The SMILES string of the molecule is CN(C(=O)c1ccnc(CN)c1)c1ccccc1F. The third-order valence-electron chi connectivity index (χ3n) is 2.79. The minimum absolute atomic E-state index is 0.235. The van der Waals surface area contributed by atoms with E-state index in [1.807, 2.05) is 0 Å². The number of nitrogens with two attached hydrogens (primary N) is 1. The van der Waals surface area contributed by atoms with Gasteiger partial charge in [-0.2, -0.15) is 0 Å². The molecule has 4 nitrogen and oxygen atoms in total. The van der Waals surface area contributed by atoms with Gasteiger partial charge in [0.2, 0.25) is 0 Å². The first-order valence-corrected chi connectivity index (χ1v) is 5.81. The van der Waals surface area contributed by atoms with Crippen molar-refractivity contribution in [2.24, 2.45) is 5.73 Å². The Balaban J connectivity index is 2.31. The van der Waals surface area contributed by atoms with E-state index in [4.69, 9.17) is 5.73 Å². The van der Waals surface area contributed by atoms with Crippen LogP contribution in [0.15, 0.2) is 42.6 Å². The van der Waals surface area contributed by atoms with Gasteiger partial charge < -0.3 is 10.6 Å². The Kier molecular flexibility index (Phi) is 3.87. The minimum Gasteiger partial charge on any atom is -0.325 e. The maximum absolute atomic E-state index is 13.6. The minimum atomic E-state index is -0.438. The highest BCUT2D eigenvalue weighted by Gasteiger charge is 2.16. The molecule has 2 aromatic rings. The Morgan fingerprint density at radius 2 is 2.11 bits per heavy atom. The second kappa shape index (κ2) is 5.58. The number of nitrogens with zero attached hydrogens (tertiary/aromatic N) is 2. The highest BCUT2D eigenvalue weighted by molar-refractivity contribution is 6.05. The van der Waals surface area contributed by atoms with Crippen molar-refractivity contribution in [1.82, 2.24) is 4.98 Å². The number of hydrogen-bond acceptors (Lipinski definition) is 3. The lowest BCUT2D eigenvalue weighted by atomic mass is 10.2. The van der Waals surface area contributed by atoms with E-state index in [1.54, 1.807) is 30.3 Å². The van der Waals surface area contributed by atoms with Crippen molar-refractivity contribution in [1.29, 1.82) is 0 Å². The predicted molar refractivity (Wildman–Crippen MR) is 71.3 cm³/mol. The summed E-state index contributed by atoms with van der Waals surface area (Å²) < 4.78 is 13.6. The van der Waals surface area contributed by atoms with E-state index >= 15 is 0 Å². The number of benzene rings is 1. The smallest absolute Gasteiger partial charge is 0.258 e. The lowest BCUT2D eigenvalue weighted by Crippen LogP contribution is -2.27. The largest absolute Gasteiger partial charge is 0.325 e. The molecule has 0 atom stereocenters. The average Bonchev–Trinajstić information content (AvgIpc) is 2.46. The number of para-hydroxylation sites is 1. The summed E-state index contributed by atoms with van der Waals surface area (Å²) in [5.74, 6) is -0.742. The quantitative estimate of drug-likeness (QED) is 0.916. The summed E-state index contributed by atoms with van der Waals surface area (Å²) in [4.78, 5) is 17.5. The molecule has 98 valence electrons. The zero-order valence-corrected chi connectivity index (χ0v) is 10.5. The van der Waals surface area contributed by atoms with E-state index in [1.165, 1.54) is 24.2 Å².